The van der Waals surface area contributed by atoms with Gasteiger partial charge >= 0.3 is 23.9 Å². The van der Waals surface area contributed by atoms with Crippen LogP contribution in [0.5, 0.6) is 23.0 Å². The van der Waals surface area contributed by atoms with Crippen LogP contribution in [0.3, 0.4) is 0 Å². The summed E-state index contributed by atoms with van der Waals surface area (Å²) < 4.78 is 42.4. The maximum Gasteiger partial charge on any atom is 0.370 e. The Kier molecular flexibility index (Phi) is 16.4. The molecule has 1 aromatic heterocycles. The number of rotatable bonds is 18. The fourth-order valence-electron chi connectivity index (χ4n) is 8.44. The topological polar surface area (TPSA) is 189 Å². The second-order valence-electron chi connectivity index (χ2n) is 16.4. The summed E-state index contributed by atoms with van der Waals surface area (Å²) in [5.41, 5.74) is 6.80. The average molecular weight is 976 g/mol. The van der Waals surface area contributed by atoms with Gasteiger partial charge in [-0.2, -0.15) is 0 Å². The van der Waals surface area contributed by atoms with Crippen LogP contribution in [0.25, 0.3) is 11.0 Å². The molecule has 370 valence electrons. The number of carbonyl (C=O) groups excluding carboxylic acids is 5. The Balaban J connectivity index is 1.21. The largest absolute Gasteiger partial charge is 0.481 e. The zero-order valence-corrected chi connectivity index (χ0v) is 40.1. The minimum absolute atomic E-state index is 0.156. The highest BCUT2D eigenvalue weighted by molar-refractivity contribution is 6.04. The van der Waals surface area contributed by atoms with E-state index in [1.165, 1.54) is 0 Å². The molecule has 8 bridgehead atoms. The van der Waals surface area contributed by atoms with E-state index in [1.54, 1.807) is 69.3 Å². The van der Waals surface area contributed by atoms with Crippen molar-refractivity contribution >= 4 is 46.5 Å². The average Bonchev–Trinajstić information content (AvgIpc) is 3.74. The van der Waals surface area contributed by atoms with Gasteiger partial charge in [0.05, 0.1) is 25.3 Å². The molecule has 6 aromatic carbocycles. The quantitative estimate of drug-likeness (QED) is 0.0647. The summed E-state index contributed by atoms with van der Waals surface area (Å²) in [5.74, 6) is -1.61. The Morgan fingerprint density at radius 3 is 1.17 bits per heavy atom. The molecule has 0 aliphatic heterocycles. The van der Waals surface area contributed by atoms with Crippen molar-refractivity contribution in [2.24, 2.45) is 0 Å². The molecule has 16 nitrogen and oxygen atoms in total. The lowest BCUT2D eigenvalue weighted by Gasteiger charge is -2.22. The summed E-state index contributed by atoms with van der Waals surface area (Å²) in [4.78, 5) is 76.5. The number of fused-ring (bicyclic) bond motifs is 9. The summed E-state index contributed by atoms with van der Waals surface area (Å²) >= 11 is 0. The third-order valence-electron chi connectivity index (χ3n) is 11.4. The summed E-state index contributed by atoms with van der Waals surface area (Å²) in [6.45, 7) is 3.94. The summed E-state index contributed by atoms with van der Waals surface area (Å²) in [6.07, 6.45) is 0.874. The van der Waals surface area contributed by atoms with Gasteiger partial charge in [-0.1, -0.05) is 103 Å². The van der Waals surface area contributed by atoms with Crippen LogP contribution in [0.4, 0.5) is 5.69 Å². The molecule has 1 aliphatic carbocycles. The lowest BCUT2D eigenvalue weighted by Crippen LogP contribution is -2.29. The lowest BCUT2D eigenvalue weighted by atomic mass is 9.91. The van der Waals surface area contributed by atoms with Crippen LogP contribution in [-0.2, 0) is 59.1 Å². The molecule has 1 amide bonds. The fourth-order valence-corrected chi connectivity index (χ4v) is 8.44. The number of amides is 1. The van der Waals surface area contributed by atoms with E-state index in [-0.39, 0.29) is 71.1 Å². The van der Waals surface area contributed by atoms with Crippen LogP contribution in [0.15, 0.2) is 127 Å². The smallest absolute Gasteiger partial charge is 0.370 e. The zero-order chi connectivity index (χ0) is 50.4. The molecular weight excluding hydrogens is 923 g/mol. The van der Waals surface area contributed by atoms with Gasteiger partial charge in [-0.25, -0.2) is 24.2 Å². The third kappa shape index (κ3) is 12.2. The molecule has 0 unspecified atom stereocenters. The first-order valence-corrected chi connectivity index (χ1v) is 23.6. The van der Waals surface area contributed by atoms with Crippen molar-refractivity contribution in [3.05, 3.63) is 178 Å². The van der Waals surface area contributed by atoms with E-state index in [4.69, 9.17) is 38.0 Å². The van der Waals surface area contributed by atoms with E-state index < -0.39 is 36.4 Å². The van der Waals surface area contributed by atoms with Crippen LogP contribution in [0, 0.1) is 0 Å². The van der Waals surface area contributed by atoms with Gasteiger partial charge in [0.1, 0.15) is 28.5 Å². The third-order valence-corrected chi connectivity index (χ3v) is 11.4. The molecule has 16 heteroatoms. The van der Waals surface area contributed by atoms with Crippen LogP contribution in [-0.4, -0.2) is 85.7 Å². The highest BCUT2D eigenvalue weighted by atomic mass is 16.7. The van der Waals surface area contributed by atoms with Gasteiger partial charge in [-0.05, 0) is 89.5 Å². The molecule has 7 aromatic rings. The number of para-hydroxylation sites is 7. The van der Waals surface area contributed by atoms with Crippen molar-refractivity contribution < 1.29 is 62.0 Å². The highest BCUT2D eigenvalue weighted by Gasteiger charge is 2.26. The van der Waals surface area contributed by atoms with Gasteiger partial charge in [-0.15, -0.1) is 4.73 Å². The van der Waals surface area contributed by atoms with Gasteiger partial charge < -0.3 is 43.3 Å². The van der Waals surface area contributed by atoms with Crippen molar-refractivity contribution in [3.8, 4) is 23.0 Å². The normalized spacial score (nSPS) is 11.7. The van der Waals surface area contributed by atoms with Crippen LogP contribution < -0.4 is 29.1 Å². The van der Waals surface area contributed by atoms with Gasteiger partial charge in [-0.3, -0.25) is 4.79 Å². The Labute approximate surface area is 415 Å². The molecule has 72 heavy (non-hydrogen) atoms. The van der Waals surface area contributed by atoms with E-state index in [0.717, 1.165) is 4.73 Å². The fraction of sp³-hybridized carbons (Fsp3) is 0.250. The molecule has 1 heterocycles. The number of nitrogens with zero attached hydrogens (tertiary/aromatic N) is 2. The minimum atomic E-state index is -0.835. The monoisotopic (exact) mass is 975 g/mol. The van der Waals surface area contributed by atoms with Crippen molar-refractivity contribution in [1.82, 2.24) is 9.71 Å². The number of esters is 3. The molecule has 0 fully saturated rings. The molecule has 8 rings (SSSR count). The van der Waals surface area contributed by atoms with Gasteiger partial charge in [0.2, 0.25) is 5.82 Å². The van der Waals surface area contributed by atoms with Crippen molar-refractivity contribution in [2.45, 2.75) is 46.5 Å². The maximum absolute atomic E-state index is 14.1. The molecule has 0 radical (unpaired) electrons. The number of aromatic nitrogens is 2. The Bertz CT molecular complexity index is 2980. The number of benzene rings is 6. The van der Waals surface area contributed by atoms with E-state index in [2.05, 4.69) is 10.3 Å². The number of carbonyl (C=O) groups is 5. The predicted molar refractivity (Wildman–Crippen MR) is 265 cm³/mol. The van der Waals surface area contributed by atoms with Crippen LogP contribution >= 0.6 is 0 Å². The van der Waals surface area contributed by atoms with Gasteiger partial charge in [0.15, 0.2) is 26.4 Å². The zero-order valence-electron chi connectivity index (χ0n) is 40.1. The predicted octanol–water partition coefficient (Wildman–Crippen LogP) is 7.83. The van der Waals surface area contributed by atoms with E-state index in [9.17, 15) is 24.0 Å². The summed E-state index contributed by atoms with van der Waals surface area (Å²) in [6, 6.07) is 38.3. The second kappa shape index (κ2) is 23.8. The van der Waals surface area contributed by atoms with Crippen molar-refractivity contribution in [2.75, 3.05) is 51.6 Å². The van der Waals surface area contributed by atoms with Crippen LogP contribution in [0.2, 0.25) is 0 Å². The number of imidazole rings is 1. The number of hydrogen-bond acceptors (Lipinski definition) is 14. The first kappa shape index (κ1) is 49.8. The van der Waals surface area contributed by atoms with Crippen molar-refractivity contribution in [3.63, 3.8) is 0 Å². The van der Waals surface area contributed by atoms with Crippen LogP contribution in [0.1, 0.15) is 75.9 Å². The standard InChI is InChI=1S/C56H53N3O13/c1-4-65-47(60)32-68-51-36-16-12-17-37(51)29-39-19-14-21-41(53(39)70-34-49(62)67-6-3)31-43-23-15-22-42(30-40-20-13-18-38(28-36)52(40)69-33-48(61)66-5-2)54(43)71-35-50(63)72-59-46-27-11-10-26-45(46)58-55(59)56(64)57-44-24-8-7-9-25-44/h7-27H,4-6,28-35H2,1-3H3,(H,57,64). The summed E-state index contributed by atoms with van der Waals surface area (Å²) in [7, 11) is 0. The Morgan fingerprint density at radius 2 is 0.792 bits per heavy atom. The highest BCUT2D eigenvalue weighted by Crippen LogP contribution is 2.39. The van der Waals surface area contributed by atoms with Gasteiger partial charge in [0.25, 0.3) is 5.91 Å². The second-order valence-corrected chi connectivity index (χ2v) is 16.4. The first-order valence-electron chi connectivity index (χ1n) is 23.6. The molecule has 0 atom stereocenters. The number of anilines is 1. The Morgan fingerprint density at radius 1 is 0.444 bits per heavy atom. The first-order chi connectivity index (χ1) is 35.1. The molecule has 0 saturated carbocycles. The minimum Gasteiger partial charge on any atom is -0.481 e. The maximum atomic E-state index is 14.1. The number of hydrogen-bond donors (Lipinski definition) is 1. The lowest BCUT2D eigenvalue weighted by molar-refractivity contribution is -0.146. The van der Waals surface area contributed by atoms with Gasteiger partial charge in [0, 0.05) is 31.4 Å². The number of nitrogens with one attached hydrogen (secondary N) is 1. The Hall–Kier alpha value is -8.66. The number of ether oxygens (including phenoxy) is 7. The SMILES string of the molecule is CCOC(=O)COc1c2cccc1Cc1cccc(c1OCC(=O)OCC)Cc1cccc(c1OCC(=O)On1c(C(=O)Nc3ccccc3)nc3ccccc31)Cc1cccc(c1OCC(=O)OCC)C2. The van der Waals surface area contributed by atoms with Crippen molar-refractivity contribution in [1.29, 1.82) is 0 Å². The van der Waals surface area contributed by atoms with E-state index >= 15 is 0 Å². The molecule has 1 N–H and O–H groups in total. The molecule has 0 saturated heterocycles. The molecule has 1 aliphatic rings. The molecular formula is C56H53N3O13. The molecule has 0 spiro atoms. The summed E-state index contributed by atoms with van der Waals surface area (Å²) in [5, 5.41) is 2.81. The van der Waals surface area contributed by atoms with E-state index in [0.29, 0.717) is 84.2 Å². The van der Waals surface area contributed by atoms with E-state index in [1.807, 2.05) is 78.9 Å².